The molecule has 10 heteroatoms. The number of rotatable bonds is 13. The monoisotopic (exact) mass is 589 g/mol. The second-order valence-electron chi connectivity index (χ2n) is 9.75. The summed E-state index contributed by atoms with van der Waals surface area (Å²) in [6.45, 7) is 5.06. The lowest BCUT2D eigenvalue weighted by molar-refractivity contribution is 0.0516. The molecule has 0 atom stereocenters. The molecule has 0 N–H and O–H groups in total. The summed E-state index contributed by atoms with van der Waals surface area (Å²) in [7, 11) is 4.87. The molecule has 0 aliphatic carbocycles. The Morgan fingerprint density at radius 3 is 2.40 bits per heavy atom. The maximum absolute atomic E-state index is 13.8. The van der Waals surface area contributed by atoms with Crippen LogP contribution in [0.5, 0.6) is 23.0 Å². The molecule has 0 radical (unpaired) electrons. The molecule has 5 aromatic rings. The van der Waals surface area contributed by atoms with Crippen LogP contribution in [0.4, 0.5) is 0 Å². The number of carbonyl (C=O) groups excluding carboxylic acids is 1. The Kier molecular flexibility index (Phi) is 9.12. The van der Waals surface area contributed by atoms with Gasteiger partial charge in [0.05, 0.1) is 58.3 Å². The lowest BCUT2D eigenvalue weighted by Crippen LogP contribution is -2.14. The van der Waals surface area contributed by atoms with E-state index in [1.54, 1.807) is 28.3 Å². The largest absolute Gasteiger partial charge is 0.497 e. The lowest BCUT2D eigenvalue weighted by Gasteiger charge is -2.16. The van der Waals surface area contributed by atoms with Gasteiger partial charge in [0, 0.05) is 22.6 Å². The molecule has 0 saturated carbocycles. The average molecular weight is 590 g/mol. The molecule has 0 aliphatic rings. The maximum Gasteiger partial charge on any atom is 0.355 e. The van der Waals surface area contributed by atoms with Crippen LogP contribution in [0.3, 0.4) is 0 Å². The third kappa shape index (κ3) is 5.72. The molecule has 0 spiro atoms. The van der Waals surface area contributed by atoms with Gasteiger partial charge in [-0.3, -0.25) is 0 Å². The zero-order valence-corrected chi connectivity index (χ0v) is 25.4. The van der Waals surface area contributed by atoms with E-state index in [0.717, 1.165) is 69.6 Å². The highest BCUT2D eigenvalue weighted by molar-refractivity contribution is 7.00. The second-order valence-corrected chi connectivity index (χ2v) is 10.3. The molecule has 0 fully saturated rings. The number of hydrogen-bond acceptors (Lipinski definition) is 9. The Hall–Kier alpha value is -4.31. The Balaban J connectivity index is 1.80. The summed E-state index contributed by atoms with van der Waals surface area (Å²) in [5.74, 6) is 2.12. The first kappa shape index (κ1) is 29.2. The number of esters is 1. The van der Waals surface area contributed by atoms with Gasteiger partial charge in [-0.05, 0) is 55.3 Å². The number of methoxy groups -OCH3 is 3. The van der Waals surface area contributed by atoms with Gasteiger partial charge in [0.15, 0.2) is 11.5 Å². The Morgan fingerprint density at radius 1 is 0.857 bits per heavy atom. The highest BCUT2D eigenvalue weighted by Crippen LogP contribution is 2.43. The summed E-state index contributed by atoms with van der Waals surface area (Å²) >= 11 is 1.15. The highest BCUT2D eigenvalue weighted by atomic mass is 32.1. The first-order valence-corrected chi connectivity index (χ1v) is 14.7. The summed E-state index contributed by atoms with van der Waals surface area (Å²) in [5.41, 5.74) is 5.13. The summed E-state index contributed by atoms with van der Waals surface area (Å²) in [4.78, 5) is 13.8. The van der Waals surface area contributed by atoms with Gasteiger partial charge in [-0.1, -0.05) is 25.8 Å². The van der Waals surface area contributed by atoms with E-state index < -0.39 is 5.97 Å². The van der Waals surface area contributed by atoms with Crippen molar-refractivity contribution in [3.8, 4) is 34.1 Å². The molecule has 2 heterocycles. The number of aromatic nitrogens is 3. The molecule has 220 valence electrons. The molecule has 2 aromatic heterocycles. The van der Waals surface area contributed by atoms with Crippen LogP contribution in [0.15, 0.2) is 48.5 Å². The van der Waals surface area contributed by atoms with Gasteiger partial charge in [-0.15, -0.1) is 0 Å². The number of unbranched alkanes of at least 4 members (excludes halogenated alkanes) is 2. The number of carbonyl (C=O) groups is 1. The van der Waals surface area contributed by atoms with Crippen LogP contribution in [0.25, 0.3) is 33.1 Å². The molecule has 0 bridgehead atoms. The number of benzene rings is 3. The summed E-state index contributed by atoms with van der Waals surface area (Å²) in [5, 5.41) is 0.820. The molecule has 9 nitrogen and oxygen atoms in total. The van der Waals surface area contributed by atoms with E-state index in [-0.39, 0.29) is 6.61 Å². The minimum absolute atomic E-state index is 0.229. The van der Waals surface area contributed by atoms with Gasteiger partial charge in [-0.25, -0.2) is 4.79 Å². The topological polar surface area (TPSA) is 93.9 Å². The first-order chi connectivity index (χ1) is 20.5. The van der Waals surface area contributed by atoms with Gasteiger partial charge in [0.1, 0.15) is 28.2 Å². The van der Waals surface area contributed by atoms with E-state index in [1.807, 2.05) is 53.1 Å². The van der Waals surface area contributed by atoms with E-state index in [9.17, 15) is 4.79 Å². The fraction of sp³-hybridized carbons (Fsp3) is 0.344. The predicted molar refractivity (Wildman–Crippen MR) is 165 cm³/mol. The Morgan fingerprint density at radius 2 is 1.67 bits per heavy atom. The van der Waals surface area contributed by atoms with E-state index in [0.29, 0.717) is 41.8 Å². The Labute approximate surface area is 249 Å². The molecule has 42 heavy (non-hydrogen) atoms. The third-order valence-corrected chi connectivity index (χ3v) is 7.74. The van der Waals surface area contributed by atoms with Crippen molar-refractivity contribution in [3.05, 3.63) is 59.8 Å². The molecular weight excluding hydrogens is 554 g/mol. The van der Waals surface area contributed by atoms with Crippen molar-refractivity contribution >= 4 is 39.6 Å². The maximum atomic E-state index is 13.8. The predicted octanol–water partition coefficient (Wildman–Crippen LogP) is 7.13. The molecule has 0 amide bonds. The zero-order chi connectivity index (χ0) is 29.6. The fourth-order valence-corrected chi connectivity index (χ4v) is 5.66. The number of ether oxygens (including phenoxy) is 5. The van der Waals surface area contributed by atoms with E-state index in [1.165, 1.54) is 0 Å². The van der Waals surface area contributed by atoms with Crippen molar-refractivity contribution < 1.29 is 28.5 Å². The quantitative estimate of drug-likeness (QED) is 0.106. The van der Waals surface area contributed by atoms with Crippen molar-refractivity contribution in [1.82, 2.24) is 13.3 Å². The minimum atomic E-state index is -0.438. The van der Waals surface area contributed by atoms with Gasteiger partial charge < -0.3 is 28.3 Å². The first-order valence-electron chi connectivity index (χ1n) is 14.0. The molecule has 0 aliphatic heterocycles. The van der Waals surface area contributed by atoms with Crippen molar-refractivity contribution in [2.24, 2.45) is 0 Å². The van der Waals surface area contributed by atoms with E-state index in [4.69, 9.17) is 23.7 Å². The van der Waals surface area contributed by atoms with Crippen LogP contribution in [0, 0.1) is 0 Å². The molecule has 3 aromatic carbocycles. The van der Waals surface area contributed by atoms with Crippen LogP contribution in [0.2, 0.25) is 0 Å². The Bertz CT molecular complexity index is 1710. The summed E-state index contributed by atoms with van der Waals surface area (Å²) < 4.78 is 39.6. The van der Waals surface area contributed by atoms with Crippen molar-refractivity contribution in [1.29, 1.82) is 0 Å². The van der Waals surface area contributed by atoms with E-state index >= 15 is 0 Å². The van der Waals surface area contributed by atoms with Crippen molar-refractivity contribution in [2.45, 2.75) is 39.7 Å². The lowest BCUT2D eigenvalue weighted by atomic mass is 10.0. The van der Waals surface area contributed by atoms with Crippen molar-refractivity contribution in [3.63, 3.8) is 0 Å². The zero-order valence-electron chi connectivity index (χ0n) is 24.6. The van der Waals surface area contributed by atoms with Gasteiger partial charge in [0.25, 0.3) is 0 Å². The van der Waals surface area contributed by atoms with Gasteiger partial charge in [-0.2, -0.15) is 8.75 Å². The van der Waals surface area contributed by atoms with Crippen LogP contribution in [-0.2, 0) is 11.3 Å². The number of hydrogen-bond donors (Lipinski definition) is 0. The normalized spacial score (nSPS) is 11.2. The number of fused-ring (bicyclic) bond motifs is 2. The standard InChI is InChI=1S/C32H35N3O6S/c1-6-8-9-14-41-29-18-26-23(17-28(29)39-5)30(20-10-12-24-25(16-20)34-42-33-24)31(32(36)40-7-2)35(26)19-21-15-22(37-3)11-13-27(21)38-4/h10-13,15-18H,6-9,14,19H2,1-5H3. The number of nitrogens with zero attached hydrogens (tertiary/aromatic N) is 3. The van der Waals surface area contributed by atoms with E-state index in [2.05, 4.69) is 15.7 Å². The van der Waals surface area contributed by atoms with Crippen LogP contribution in [-0.4, -0.2) is 53.8 Å². The summed E-state index contributed by atoms with van der Waals surface area (Å²) in [6, 6.07) is 15.3. The minimum Gasteiger partial charge on any atom is -0.497 e. The average Bonchev–Trinajstić information content (AvgIpc) is 3.60. The molecular formula is C32H35N3O6S. The smallest absolute Gasteiger partial charge is 0.355 e. The highest BCUT2D eigenvalue weighted by Gasteiger charge is 2.28. The SMILES string of the molecule is CCCCCOc1cc2c(cc1OC)c(-c1ccc3nsnc3c1)c(C(=O)OCC)n2Cc1cc(OC)ccc1OC. The third-order valence-electron chi connectivity index (χ3n) is 7.18. The molecule has 0 unspecified atom stereocenters. The second kappa shape index (κ2) is 13.1. The van der Waals surface area contributed by atoms with Crippen LogP contribution >= 0.6 is 11.7 Å². The van der Waals surface area contributed by atoms with Crippen LogP contribution < -0.4 is 18.9 Å². The molecule has 0 saturated heterocycles. The van der Waals surface area contributed by atoms with Gasteiger partial charge >= 0.3 is 5.97 Å². The summed E-state index contributed by atoms with van der Waals surface area (Å²) in [6.07, 6.45) is 3.10. The van der Waals surface area contributed by atoms with Gasteiger partial charge in [0.2, 0.25) is 0 Å². The van der Waals surface area contributed by atoms with Crippen LogP contribution in [0.1, 0.15) is 49.2 Å². The van der Waals surface area contributed by atoms with Crippen molar-refractivity contribution in [2.75, 3.05) is 34.5 Å². The fourth-order valence-electron chi connectivity index (χ4n) is 5.14. The molecule has 5 rings (SSSR count).